The van der Waals surface area contributed by atoms with Gasteiger partial charge in [0.1, 0.15) is 6.04 Å². The molecule has 0 bridgehead atoms. The summed E-state index contributed by atoms with van der Waals surface area (Å²) in [5.41, 5.74) is 1.85. The minimum Gasteiger partial charge on any atom is -0.326 e. The van der Waals surface area contributed by atoms with Gasteiger partial charge in [0.2, 0.25) is 5.91 Å². The minimum atomic E-state index is -0.405. The Labute approximate surface area is 147 Å². The third-order valence-corrected chi connectivity index (χ3v) is 5.44. The maximum atomic E-state index is 12.6. The number of nitrogens with one attached hydrogen (secondary N) is 1. The van der Waals surface area contributed by atoms with E-state index < -0.39 is 6.04 Å². The summed E-state index contributed by atoms with van der Waals surface area (Å²) in [4.78, 5) is 27.5. The smallest absolute Gasteiger partial charge is 0.264 e. The number of hydrogen-bond acceptors (Lipinski definition) is 3. The van der Waals surface area contributed by atoms with E-state index in [1.807, 2.05) is 36.6 Å². The Morgan fingerprint density at radius 3 is 2.87 bits per heavy atom. The van der Waals surface area contributed by atoms with Crippen LogP contribution in [-0.4, -0.2) is 29.3 Å². The van der Waals surface area contributed by atoms with Gasteiger partial charge in [0.15, 0.2) is 0 Å². The highest BCUT2D eigenvalue weighted by Gasteiger charge is 2.35. The highest BCUT2D eigenvalue weighted by atomic mass is 79.9. The van der Waals surface area contributed by atoms with Gasteiger partial charge in [-0.1, -0.05) is 12.1 Å². The fourth-order valence-corrected chi connectivity index (χ4v) is 4.03. The third-order valence-electron chi connectivity index (χ3n) is 3.93. The Bertz CT molecular complexity index is 730. The molecule has 1 atom stereocenters. The van der Waals surface area contributed by atoms with Crippen LogP contribution < -0.4 is 5.32 Å². The summed E-state index contributed by atoms with van der Waals surface area (Å²) in [6.45, 7) is 2.62. The lowest BCUT2D eigenvalue weighted by Crippen LogP contribution is -2.43. The Morgan fingerprint density at radius 1 is 1.35 bits per heavy atom. The number of halogens is 1. The summed E-state index contributed by atoms with van der Waals surface area (Å²) >= 11 is 4.88. The number of thiophene rings is 1. The number of carbonyl (C=O) groups excluding carboxylic acids is 2. The van der Waals surface area contributed by atoms with Gasteiger partial charge in [-0.3, -0.25) is 9.59 Å². The number of aryl methyl sites for hydroxylation is 1. The van der Waals surface area contributed by atoms with Gasteiger partial charge < -0.3 is 10.2 Å². The zero-order chi connectivity index (χ0) is 16.4. The predicted octanol–water partition coefficient (Wildman–Crippen LogP) is 4.06. The first-order valence-corrected chi connectivity index (χ1v) is 9.15. The first kappa shape index (κ1) is 16.2. The normalized spacial score (nSPS) is 17.3. The molecule has 2 amide bonds. The van der Waals surface area contributed by atoms with Crippen molar-refractivity contribution in [2.45, 2.75) is 25.8 Å². The second-order valence-corrected chi connectivity index (χ2v) is 7.41. The lowest BCUT2D eigenvalue weighted by molar-refractivity contribution is -0.119. The standard InChI is InChI=1S/C17H17BrN2O2S/c1-11-6-7-13(12(18)10-11)19-16(21)14-4-2-8-20(14)17(22)15-5-3-9-23-15/h3,5-7,9-10,14H,2,4,8H2,1H3,(H,19,21). The SMILES string of the molecule is Cc1ccc(NC(=O)C2CCCN2C(=O)c2cccs2)c(Br)c1. The van der Waals surface area contributed by atoms with E-state index in [1.54, 1.807) is 11.0 Å². The second kappa shape index (κ2) is 6.84. The summed E-state index contributed by atoms with van der Waals surface area (Å²) < 4.78 is 0.847. The van der Waals surface area contributed by atoms with E-state index in [4.69, 9.17) is 0 Å². The van der Waals surface area contributed by atoms with Crippen LogP contribution in [0.2, 0.25) is 0 Å². The molecule has 0 aliphatic carbocycles. The summed E-state index contributed by atoms with van der Waals surface area (Å²) in [6.07, 6.45) is 1.55. The van der Waals surface area contributed by atoms with Crippen LogP contribution in [0, 0.1) is 6.92 Å². The molecule has 1 aromatic carbocycles. The average molecular weight is 393 g/mol. The highest BCUT2D eigenvalue weighted by molar-refractivity contribution is 9.10. The van der Waals surface area contributed by atoms with Crippen LogP contribution >= 0.6 is 27.3 Å². The van der Waals surface area contributed by atoms with Crippen molar-refractivity contribution in [3.8, 4) is 0 Å². The second-order valence-electron chi connectivity index (χ2n) is 5.61. The molecule has 3 rings (SSSR count). The van der Waals surface area contributed by atoms with E-state index in [9.17, 15) is 9.59 Å². The molecule has 23 heavy (non-hydrogen) atoms. The van der Waals surface area contributed by atoms with Gasteiger partial charge in [-0.05, 0) is 64.8 Å². The summed E-state index contributed by atoms with van der Waals surface area (Å²) in [6, 6.07) is 9.03. The predicted molar refractivity (Wildman–Crippen MR) is 95.9 cm³/mol. The van der Waals surface area contributed by atoms with Gasteiger partial charge in [0.25, 0.3) is 5.91 Å². The van der Waals surface area contributed by atoms with Crippen LogP contribution in [0.5, 0.6) is 0 Å². The highest BCUT2D eigenvalue weighted by Crippen LogP contribution is 2.26. The van der Waals surface area contributed by atoms with Crippen LogP contribution in [-0.2, 0) is 4.79 Å². The van der Waals surface area contributed by atoms with Gasteiger partial charge in [-0.25, -0.2) is 0 Å². The Hall–Kier alpha value is -1.66. The van der Waals surface area contributed by atoms with E-state index in [1.165, 1.54) is 11.3 Å². The fourth-order valence-electron chi connectivity index (χ4n) is 2.76. The molecule has 1 saturated heterocycles. The molecule has 120 valence electrons. The molecule has 1 aliphatic rings. The number of anilines is 1. The number of rotatable bonds is 3. The number of hydrogen-bond donors (Lipinski definition) is 1. The van der Waals surface area contributed by atoms with Crippen LogP contribution in [0.15, 0.2) is 40.2 Å². The molecular weight excluding hydrogens is 376 g/mol. The topological polar surface area (TPSA) is 49.4 Å². The molecule has 1 aromatic heterocycles. The molecule has 6 heteroatoms. The number of likely N-dealkylation sites (tertiary alicyclic amines) is 1. The largest absolute Gasteiger partial charge is 0.326 e. The third kappa shape index (κ3) is 3.48. The fraction of sp³-hybridized carbons (Fsp3) is 0.294. The Morgan fingerprint density at radius 2 is 2.17 bits per heavy atom. The monoisotopic (exact) mass is 392 g/mol. The number of benzene rings is 1. The van der Waals surface area contributed by atoms with Crippen molar-refractivity contribution in [1.82, 2.24) is 4.90 Å². The molecule has 1 aliphatic heterocycles. The molecule has 1 N–H and O–H groups in total. The lowest BCUT2D eigenvalue weighted by atomic mass is 10.2. The van der Waals surface area contributed by atoms with E-state index in [-0.39, 0.29) is 11.8 Å². The Kier molecular flexibility index (Phi) is 4.82. The lowest BCUT2D eigenvalue weighted by Gasteiger charge is -2.23. The van der Waals surface area contributed by atoms with Crippen molar-refractivity contribution in [1.29, 1.82) is 0 Å². The maximum Gasteiger partial charge on any atom is 0.264 e. The van der Waals surface area contributed by atoms with Gasteiger partial charge in [0.05, 0.1) is 10.6 Å². The van der Waals surface area contributed by atoms with Crippen molar-refractivity contribution in [3.63, 3.8) is 0 Å². The molecule has 1 fully saturated rings. The van der Waals surface area contributed by atoms with E-state index >= 15 is 0 Å². The first-order chi connectivity index (χ1) is 11.1. The number of nitrogens with zero attached hydrogens (tertiary/aromatic N) is 1. The molecule has 2 heterocycles. The van der Waals surface area contributed by atoms with Crippen molar-refractivity contribution in [2.75, 3.05) is 11.9 Å². The number of amides is 2. The van der Waals surface area contributed by atoms with Gasteiger partial charge in [-0.2, -0.15) is 0 Å². The zero-order valence-corrected chi connectivity index (χ0v) is 15.1. The van der Waals surface area contributed by atoms with Crippen molar-refractivity contribution < 1.29 is 9.59 Å². The van der Waals surface area contributed by atoms with Gasteiger partial charge >= 0.3 is 0 Å². The summed E-state index contributed by atoms with van der Waals surface area (Å²) in [7, 11) is 0. The summed E-state index contributed by atoms with van der Waals surface area (Å²) in [5, 5.41) is 4.81. The maximum absolute atomic E-state index is 12.6. The summed E-state index contributed by atoms with van der Waals surface area (Å²) in [5.74, 6) is -0.183. The van der Waals surface area contributed by atoms with Crippen molar-refractivity contribution in [2.24, 2.45) is 0 Å². The molecule has 2 aromatic rings. The first-order valence-electron chi connectivity index (χ1n) is 7.48. The molecule has 1 unspecified atom stereocenters. The van der Waals surface area contributed by atoms with Gasteiger partial charge in [0, 0.05) is 11.0 Å². The Balaban J connectivity index is 1.74. The number of carbonyl (C=O) groups is 2. The van der Waals surface area contributed by atoms with Gasteiger partial charge in [-0.15, -0.1) is 11.3 Å². The molecule has 0 spiro atoms. The molecular formula is C17H17BrN2O2S. The van der Waals surface area contributed by atoms with Crippen molar-refractivity contribution >= 4 is 44.8 Å². The van der Waals surface area contributed by atoms with Crippen LogP contribution in [0.3, 0.4) is 0 Å². The van der Waals surface area contributed by atoms with Crippen LogP contribution in [0.25, 0.3) is 0 Å². The average Bonchev–Trinajstić information content (AvgIpc) is 3.20. The molecule has 0 radical (unpaired) electrons. The van der Waals surface area contributed by atoms with E-state index in [2.05, 4.69) is 21.2 Å². The van der Waals surface area contributed by atoms with Crippen molar-refractivity contribution in [3.05, 3.63) is 50.6 Å². The quantitative estimate of drug-likeness (QED) is 0.855. The van der Waals surface area contributed by atoms with E-state index in [0.29, 0.717) is 17.8 Å². The zero-order valence-electron chi connectivity index (χ0n) is 12.7. The van der Waals surface area contributed by atoms with Crippen LogP contribution in [0.4, 0.5) is 5.69 Å². The minimum absolute atomic E-state index is 0.0550. The molecule has 0 saturated carbocycles. The van der Waals surface area contributed by atoms with E-state index in [0.717, 1.165) is 22.1 Å². The molecule has 4 nitrogen and oxygen atoms in total. The van der Waals surface area contributed by atoms with Crippen LogP contribution in [0.1, 0.15) is 28.1 Å².